The summed E-state index contributed by atoms with van der Waals surface area (Å²) in [6.45, 7) is 0.563. The molecule has 0 bridgehead atoms. The SMILES string of the molecule is COc1cccc(NC(=O)CSc2nc(=O)n(Cc3cccs3)c3c2CCCC3)c1. The number of anilines is 1. The highest BCUT2D eigenvalue weighted by Gasteiger charge is 2.21. The molecule has 1 amide bonds. The molecule has 2 aromatic heterocycles. The fourth-order valence-corrected chi connectivity index (χ4v) is 5.19. The van der Waals surface area contributed by atoms with Crippen LogP contribution in [0.4, 0.5) is 5.69 Å². The molecule has 30 heavy (non-hydrogen) atoms. The van der Waals surface area contributed by atoms with Crippen molar-refractivity contribution in [1.82, 2.24) is 9.55 Å². The van der Waals surface area contributed by atoms with E-state index < -0.39 is 0 Å². The van der Waals surface area contributed by atoms with Gasteiger partial charge in [-0.3, -0.25) is 9.36 Å². The number of ether oxygens (including phenoxy) is 1. The van der Waals surface area contributed by atoms with E-state index in [0.717, 1.165) is 41.8 Å². The van der Waals surface area contributed by atoms with Crippen molar-refractivity contribution in [3.8, 4) is 5.75 Å². The van der Waals surface area contributed by atoms with E-state index in [1.165, 1.54) is 11.8 Å². The fourth-order valence-electron chi connectivity index (χ4n) is 3.62. The minimum atomic E-state index is -0.236. The van der Waals surface area contributed by atoms with Crippen LogP contribution in [0.2, 0.25) is 0 Å². The van der Waals surface area contributed by atoms with Crippen molar-refractivity contribution in [3.05, 3.63) is 68.4 Å². The topological polar surface area (TPSA) is 73.2 Å². The number of fused-ring (bicyclic) bond motifs is 1. The molecular formula is C22H23N3O3S2. The van der Waals surface area contributed by atoms with Crippen LogP contribution in [0.1, 0.15) is 29.0 Å². The van der Waals surface area contributed by atoms with Crippen molar-refractivity contribution in [3.63, 3.8) is 0 Å². The molecule has 1 aliphatic rings. The smallest absolute Gasteiger partial charge is 0.349 e. The van der Waals surface area contributed by atoms with E-state index in [0.29, 0.717) is 23.0 Å². The van der Waals surface area contributed by atoms with Crippen molar-refractivity contribution in [1.29, 1.82) is 0 Å². The lowest BCUT2D eigenvalue weighted by Crippen LogP contribution is -2.30. The van der Waals surface area contributed by atoms with Crippen LogP contribution in [-0.4, -0.2) is 28.3 Å². The van der Waals surface area contributed by atoms with E-state index >= 15 is 0 Å². The molecule has 8 heteroatoms. The molecule has 6 nitrogen and oxygen atoms in total. The van der Waals surface area contributed by atoms with Crippen LogP contribution in [0.3, 0.4) is 0 Å². The molecule has 0 saturated carbocycles. The van der Waals surface area contributed by atoms with E-state index in [4.69, 9.17) is 4.74 Å². The first-order valence-corrected chi connectivity index (χ1v) is 11.7. The van der Waals surface area contributed by atoms with Crippen molar-refractivity contribution >= 4 is 34.7 Å². The number of carbonyl (C=O) groups is 1. The zero-order chi connectivity index (χ0) is 20.9. The van der Waals surface area contributed by atoms with E-state index in [1.807, 2.05) is 35.7 Å². The van der Waals surface area contributed by atoms with Crippen LogP contribution in [0.5, 0.6) is 5.75 Å². The number of thiophene rings is 1. The molecule has 1 N–H and O–H groups in total. The Morgan fingerprint density at radius 1 is 1.27 bits per heavy atom. The van der Waals surface area contributed by atoms with Gasteiger partial charge in [-0.1, -0.05) is 23.9 Å². The summed E-state index contributed by atoms with van der Waals surface area (Å²) >= 11 is 2.98. The van der Waals surface area contributed by atoms with Crippen molar-refractivity contribution in [2.45, 2.75) is 37.3 Å². The summed E-state index contributed by atoms with van der Waals surface area (Å²) in [5, 5.41) is 5.58. The lowest BCUT2D eigenvalue weighted by Gasteiger charge is -2.22. The van der Waals surface area contributed by atoms with Gasteiger partial charge in [0.25, 0.3) is 0 Å². The van der Waals surface area contributed by atoms with Crippen LogP contribution >= 0.6 is 23.1 Å². The third-order valence-electron chi connectivity index (χ3n) is 5.04. The van der Waals surface area contributed by atoms with Gasteiger partial charge in [0.2, 0.25) is 5.91 Å². The summed E-state index contributed by atoms with van der Waals surface area (Å²) in [7, 11) is 1.59. The second-order valence-corrected chi connectivity index (χ2v) is 9.06. The highest BCUT2D eigenvalue weighted by Crippen LogP contribution is 2.29. The van der Waals surface area contributed by atoms with Crippen LogP contribution in [0, 0.1) is 0 Å². The number of carbonyl (C=O) groups excluding carboxylic acids is 1. The molecule has 0 unspecified atom stereocenters. The second kappa shape index (κ2) is 9.49. The molecular weight excluding hydrogens is 418 g/mol. The molecule has 156 valence electrons. The third-order valence-corrected chi connectivity index (χ3v) is 6.92. The Balaban J connectivity index is 1.50. The zero-order valence-electron chi connectivity index (χ0n) is 16.7. The third kappa shape index (κ3) is 4.76. The van der Waals surface area contributed by atoms with Crippen molar-refractivity contribution < 1.29 is 9.53 Å². The maximum absolute atomic E-state index is 12.8. The zero-order valence-corrected chi connectivity index (χ0v) is 18.4. The first-order chi connectivity index (χ1) is 14.6. The first kappa shape index (κ1) is 20.7. The number of nitrogens with zero attached hydrogens (tertiary/aromatic N) is 2. The highest BCUT2D eigenvalue weighted by atomic mass is 32.2. The summed E-state index contributed by atoms with van der Waals surface area (Å²) in [5.41, 5.74) is 2.64. The predicted octanol–water partition coefficient (Wildman–Crippen LogP) is 3.97. The molecule has 1 aliphatic carbocycles. The van der Waals surface area contributed by atoms with Crippen molar-refractivity contribution in [2.75, 3.05) is 18.2 Å². The Morgan fingerprint density at radius 2 is 2.13 bits per heavy atom. The minimum Gasteiger partial charge on any atom is -0.497 e. The highest BCUT2D eigenvalue weighted by molar-refractivity contribution is 8.00. The number of amides is 1. The minimum absolute atomic E-state index is 0.137. The van der Waals surface area contributed by atoms with E-state index in [9.17, 15) is 9.59 Å². The number of methoxy groups -OCH3 is 1. The van der Waals surface area contributed by atoms with Gasteiger partial charge in [0.1, 0.15) is 10.8 Å². The van der Waals surface area contributed by atoms with Crippen LogP contribution in [0.15, 0.2) is 51.6 Å². The van der Waals surface area contributed by atoms with Crippen LogP contribution in [-0.2, 0) is 24.2 Å². The van der Waals surface area contributed by atoms with Crippen molar-refractivity contribution in [2.24, 2.45) is 0 Å². The quantitative estimate of drug-likeness (QED) is 0.444. The van der Waals surface area contributed by atoms with Gasteiger partial charge in [-0.05, 0) is 49.3 Å². The predicted molar refractivity (Wildman–Crippen MR) is 121 cm³/mol. The molecule has 0 aliphatic heterocycles. The first-order valence-electron chi connectivity index (χ1n) is 9.85. The van der Waals surface area contributed by atoms with Gasteiger partial charge < -0.3 is 10.1 Å². The molecule has 0 atom stereocenters. The van der Waals surface area contributed by atoms with Gasteiger partial charge in [-0.2, -0.15) is 4.98 Å². The van der Waals surface area contributed by atoms with E-state index in [2.05, 4.69) is 10.3 Å². The van der Waals surface area contributed by atoms with Gasteiger partial charge >= 0.3 is 5.69 Å². The number of benzene rings is 1. The van der Waals surface area contributed by atoms with E-state index in [-0.39, 0.29) is 17.3 Å². The Kier molecular flexibility index (Phi) is 6.54. The summed E-state index contributed by atoms with van der Waals surface area (Å²) in [6, 6.07) is 11.3. The summed E-state index contributed by atoms with van der Waals surface area (Å²) < 4.78 is 6.99. The van der Waals surface area contributed by atoms with Gasteiger partial charge in [0.05, 0.1) is 19.4 Å². The van der Waals surface area contributed by atoms with Gasteiger partial charge in [-0.15, -0.1) is 11.3 Å². The molecule has 3 aromatic rings. The summed E-state index contributed by atoms with van der Waals surface area (Å²) in [6.07, 6.45) is 3.92. The maximum Gasteiger partial charge on any atom is 0.349 e. The van der Waals surface area contributed by atoms with Gasteiger partial charge in [0, 0.05) is 27.9 Å². The molecule has 1 aromatic carbocycles. The Labute approximate surface area is 183 Å². The number of aromatic nitrogens is 2. The van der Waals surface area contributed by atoms with E-state index in [1.54, 1.807) is 29.1 Å². The Hall–Kier alpha value is -2.58. The fraction of sp³-hybridized carbons (Fsp3) is 0.318. The van der Waals surface area contributed by atoms with Gasteiger partial charge in [0.15, 0.2) is 0 Å². The lowest BCUT2D eigenvalue weighted by atomic mass is 9.97. The molecule has 4 rings (SSSR count). The average Bonchev–Trinajstić information content (AvgIpc) is 3.28. The summed E-state index contributed by atoms with van der Waals surface area (Å²) in [4.78, 5) is 30.7. The largest absolute Gasteiger partial charge is 0.497 e. The number of hydrogen-bond acceptors (Lipinski definition) is 6. The average molecular weight is 442 g/mol. The number of nitrogens with one attached hydrogen (secondary N) is 1. The molecule has 2 heterocycles. The lowest BCUT2D eigenvalue weighted by molar-refractivity contribution is -0.113. The maximum atomic E-state index is 12.8. The van der Waals surface area contributed by atoms with Crippen LogP contribution < -0.4 is 15.7 Å². The molecule has 0 spiro atoms. The molecule has 0 radical (unpaired) electrons. The standard InChI is InChI=1S/C22H23N3O3S2/c1-28-16-7-4-6-15(12-16)23-20(26)14-30-21-18-9-2-3-10-19(18)25(22(27)24-21)13-17-8-5-11-29-17/h4-8,11-12H,2-3,9-10,13-14H2,1H3,(H,23,26). The molecule has 0 fully saturated rings. The monoisotopic (exact) mass is 441 g/mol. The Morgan fingerprint density at radius 3 is 2.93 bits per heavy atom. The van der Waals surface area contributed by atoms with Gasteiger partial charge in [-0.25, -0.2) is 4.79 Å². The number of hydrogen-bond donors (Lipinski definition) is 1. The molecule has 0 saturated heterocycles. The number of thioether (sulfide) groups is 1. The summed E-state index contributed by atoms with van der Waals surface area (Å²) in [5.74, 6) is 0.748. The van der Waals surface area contributed by atoms with Crippen LogP contribution in [0.25, 0.3) is 0 Å². The second-order valence-electron chi connectivity index (χ2n) is 7.07. The Bertz CT molecular complexity index is 1090. The normalized spacial score (nSPS) is 13.0. The number of rotatable bonds is 7.